The van der Waals surface area contributed by atoms with Gasteiger partial charge >= 0.3 is 0 Å². The van der Waals surface area contributed by atoms with E-state index in [9.17, 15) is 9.18 Å². The summed E-state index contributed by atoms with van der Waals surface area (Å²) in [5.74, 6) is -0.671. The van der Waals surface area contributed by atoms with Crippen LogP contribution in [0.5, 0.6) is 5.75 Å². The van der Waals surface area contributed by atoms with Crippen LogP contribution in [0.2, 0.25) is 0 Å². The highest BCUT2D eigenvalue weighted by atomic mass is 19.1. The molecule has 1 amide bonds. The summed E-state index contributed by atoms with van der Waals surface area (Å²) in [4.78, 5) is 11.8. The SMILES string of the molecule is CO[C@H]1CNC[C@@H]1NC(=O)COc1cc(C)ccc1F. The fourth-order valence-electron chi connectivity index (χ4n) is 2.16. The highest BCUT2D eigenvalue weighted by Crippen LogP contribution is 2.18. The number of nitrogens with one attached hydrogen (secondary N) is 2. The van der Waals surface area contributed by atoms with Crippen molar-refractivity contribution in [3.63, 3.8) is 0 Å². The monoisotopic (exact) mass is 282 g/mol. The lowest BCUT2D eigenvalue weighted by molar-refractivity contribution is -0.124. The van der Waals surface area contributed by atoms with Crippen molar-refractivity contribution in [2.75, 3.05) is 26.8 Å². The Hall–Kier alpha value is -1.66. The molecule has 0 unspecified atom stereocenters. The average Bonchev–Trinajstić information content (AvgIpc) is 2.87. The molecule has 1 heterocycles. The molecule has 1 fully saturated rings. The Morgan fingerprint density at radius 2 is 2.30 bits per heavy atom. The smallest absolute Gasteiger partial charge is 0.258 e. The molecule has 5 nitrogen and oxygen atoms in total. The van der Waals surface area contributed by atoms with Crippen molar-refractivity contribution in [3.8, 4) is 5.75 Å². The van der Waals surface area contributed by atoms with Gasteiger partial charge in [-0.2, -0.15) is 0 Å². The standard InChI is InChI=1S/C14H19FN2O3/c1-9-3-4-10(15)12(5-9)20-8-14(18)17-11-6-16-7-13(11)19-2/h3-5,11,13,16H,6-8H2,1-2H3,(H,17,18)/t11-,13-/m0/s1. The van der Waals surface area contributed by atoms with Gasteiger partial charge < -0.3 is 20.1 Å². The number of halogens is 1. The van der Waals surface area contributed by atoms with Crippen molar-refractivity contribution in [2.24, 2.45) is 0 Å². The van der Waals surface area contributed by atoms with Crippen molar-refractivity contribution in [3.05, 3.63) is 29.6 Å². The van der Waals surface area contributed by atoms with Crippen LogP contribution in [0.3, 0.4) is 0 Å². The molecule has 110 valence electrons. The molecule has 20 heavy (non-hydrogen) atoms. The summed E-state index contributed by atoms with van der Waals surface area (Å²) in [5, 5.41) is 5.94. The maximum absolute atomic E-state index is 13.5. The summed E-state index contributed by atoms with van der Waals surface area (Å²) in [6, 6.07) is 4.45. The summed E-state index contributed by atoms with van der Waals surface area (Å²) >= 11 is 0. The van der Waals surface area contributed by atoms with Crippen LogP contribution in [0.25, 0.3) is 0 Å². The van der Waals surface area contributed by atoms with E-state index < -0.39 is 5.82 Å². The molecule has 2 N–H and O–H groups in total. The van der Waals surface area contributed by atoms with Crippen molar-refractivity contribution in [2.45, 2.75) is 19.1 Å². The zero-order valence-corrected chi connectivity index (χ0v) is 11.6. The second-order valence-electron chi connectivity index (χ2n) is 4.83. The Morgan fingerprint density at radius 3 is 3.05 bits per heavy atom. The number of carbonyl (C=O) groups excluding carboxylic acids is 1. The van der Waals surface area contributed by atoms with Gasteiger partial charge in [-0.25, -0.2) is 4.39 Å². The summed E-state index contributed by atoms with van der Waals surface area (Å²) < 4.78 is 23.9. The Kier molecular flexibility index (Phi) is 4.92. The van der Waals surface area contributed by atoms with Crippen LogP contribution in [-0.2, 0) is 9.53 Å². The van der Waals surface area contributed by atoms with Crippen molar-refractivity contribution >= 4 is 5.91 Å². The third kappa shape index (κ3) is 3.68. The molecule has 2 rings (SSSR count). The first-order valence-corrected chi connectivity index (χ1v) is 6.52. The van der Waals surface area contributed by atoms with Gasteiger partial charge in [0.2, 0.25) is 0 Å². The molecule has 1 aromatic rings. The van der Waals surface area contributed by atoms with Gasteiger partial charge in [0.1, 0.15) is 0 Å². The van der Waals surface area contributed by atoms with Gasteiger partial charge in [-0.3, -0.25) is 4.79 Å². The normalized spacial score (nSPS) is 21.8. The minimum absolute atomic E-state index is 0.0466. The lowest BCUT2D eigenvalue weighted by atomic mass is 10.2. The largest absolute Gasteiger partial charge is 0.481 e. The molecule has 0 saturated carbocycles. The molecule has 2 atom stereocenters. The molecule has 0 aliphatic carbocycles. The van der Waals surface area contributed by atoms with E-state index in [0.717, 1.165) is 5.56 Å². The van der Waals surface area contributed by atoms with Crippen molar-refractivity contribution in [1.82, 2.24) is 10.6 Å². The first-order chi connectivity index (χ1) is 9.60. The van der Waals surface area contributed by atoms with Gasteiger partial charge in [0.15, 0.2) is 18.2 Å². The molecule has 6 heteroatoms. The lowest BCUT2D eigenvalue weighted by Crippen LogP contribution is -2.45. The van der Waals surface area contributed by atoms with E-state index in [1.807, 2.05) is 6.92 Å². The topological polar surface area (TPSA) is 59.6 Å². The summed E-state index contributed by atoms with van der Waals surface area (Å²) in [5.41, 5.74) is 0.876. The molecule has 0 aromatic heterocycles. The number of ether oxygens (including phenoxy) is 2. The Balaban J connectivity index is 1.84. The second-order valence-corrected chi connectivity index (χ2v) is 4.83. The van der Waals surface area contributed by atoms with E-state index in [4.69, 9.17) is 9.47 Å². The third-order valence-electron chi connectivity index (χ3n) is 3.25. The van der Waals surface area contributed by atoms with Crippen LogP contribution in [0.1, 0.15) is 5.56 Å². The Bertz CT molecular complexity index is 481. The van der Waals surface area contributed by atoms with Crippen LogP contribution < -0.4 is 15.4 Å². The van der Waals surface area contributed by atoms with Crippen LogP contribution in [0.15, 0.2) is 18.2 Å². The number of amides is 1. The van der Waals surface area contributed by atoms with Crippen LogP contribution in [-0.4, -0.2) is 44.9 Å². The number of hydrogen-bond acceptors (Lipinski definition) is 4. The van der Waals surface area contributed by atoms with E-state index in [2.05, 4.69) is 10.6 Å². The van der Waals surface area contributed by atoms with Gasteiger partial charge in [-0.1, -0.05) is 6.07 Å². The molecule has 1 aliphatic rings. The highest BCUT2D eigenvalue weighted by Gasteiger charge is 2.28. The molecular weight excluding hydrogens is 263 g/mol. The molecule has 1 aromatic carbocycles. The number of benzene rings is 1. The van der Waals surface area contributed by atoms with Crippen molar-refractivity contribution in [1.29, 1.82) is 0 Å². The minimum Gasteiger partial charge on any atom is -0.481 e. The Labute approximate surface area is 117 Å². The van der Waals surface area contributed by atoms with Gasteiger partial charge in [0, 0.05) is 20.2 Å². The number of carbonyl (C=O) groups is 1. The Morgan fingerprint density at radius 1 is 1.50 bits per heavy atom. The predicted octanol–water partition coefficient (Wildman–Crippen LogP) is 0.616. The van der Waals surface area contributed by atoms with Gasteiger partial charge in [0.25, 0.3) is 5.91 Å². The van der Waals surface area contributed by atoms with Gasteiger partial charge in [0.05, 0.1) is 12.1 Å². The van der Waals surface area contributed by atoms with E-state index in [1.54, 1.807) is 19.2 Å². The van der Waals surface area contributed by atoms with Crippen LogP contribution in [0.4, 0.5) is 4.39 Å². The number of methoxy groups -OCH3 is 1. The fraction of sp³-hybridized carbons (Fsp3) is 0.500. The third-order valence-corrected chi connectivity index (χ3v) is 3.25. The molecule has 1 saturated heterocycles. The average molecular weight is 282 g/mol. The quantitative estimate of drug-likeness (QED) is 0.831. The first kappa shape index (κ1) is 14.7. The van der Waals surface area contributed by atoms with Crippen molar-refractivity contribution < 1.29 is 18.7 Å². The zero-order valence-electron chi connectivity index (χ0n) is 11.6. The number of hydrogen-bond donors (Lipinski definition) is 2. The van der Waals surface area contributed by atoms with E-state index in [0.29, 0.717) is 13.1 Å². The first-order valence-electron chi connectivity index (χ1n) is 6.52. The number of aryl methyl sites for hydroxylation is 1. The highest BCUT2D eigenvalue weighted by molar-refractivity contribution is 5.78. The predicted molar refractivity (Wildman–Crippen MR) is 72.2 cm³/mol. The van der Waals surface area contributed by atoms with Gasteiger partial charge in [-0.05, 0) is 24.6 Å². The van der Waals surface area contributed by atoms with E-state index in [1.165, 1.54) is 6.07 Å². The molecule has 0 spiro atoms. The summed E-state index contributed by atoms with van der Waals surface area (Å²) in [6.45, 7) is 2.98. The van der Waals surface area contributed by atoms with E-state index in [-0.39, 0.29) is 30.4 Å². The zero-order chi connectivity index (χ0) is 14.5. The molecular formula is C14H19FN2O3. The van der Waals surface area contributed by atoms with Crippen LogP contribution in [0, 0.1) is 12.7 Å². The van der Waals surface area contributed by atoms with Gasteiger partial charge in [-0.15, -0.1) is 0 Å². The lowest BCUT2D eigenvalue weighted by Gasteiger charge is -2.18. The minimum atomic E-state index is -0.472. The summed E-state index contributed by atoms with van der Waals surface area (Å²) in [6.07, 6.45) is -0.0466. The molecule has 0 radical (unpaired) electrons. The molecule has 1 aliphatic heterocycles. The van der Waals surface area contributed by atoms with Crippen LogP contribution >= 0.6 is 0 Å². The van der Waals surface area contributed by atoms with E-state index >= 15 is 0 Å². The summed E-state index contributed by atoms with van der Waals surface area (Å²) in [7, 11) is 1.61. The fourth-order valence-corrected chi connectivity index (χ4v) is 2.16. The molecule has 0 bridgehead atoms. The maximum atomic E-state index is 13.5. The second kappa shape index (κ2) is 6.67. The number of rotatable bonds is 5. The maximum Gasteiger partial charge on any atom is 0.258 e.